The number of hydrogen-bond acceptors (Lipinski definition) is 3. The Kier molecular flexibility index (Phi) is 6.07. The third kappa shape index (κ3) is 4.06. The van der Waals surface area contributed by atoms with Crippen LogP contribution in [0.2, 0.25) is 0 Å². The minimum absolute atomic E-state index is 0.469. The summed E-state index contributed by atoms with van der Waals surface area (Å²) in [4.78, 5) is 0. The fraction of sp³-hybridized carbons (Fsp3) is 0.900. The summed E-state index contributed by atoms with van der Waals surface area (Å²) in [6.07, 6.45) is 13.1. The Morgan fingerprint density at radius 3 is 2.04 bits per heavy atom. The first-order valence-electron chi connectivity index (χ1n) is 9.94. The first kappa shape index (κ1) is 18.8. The van der Waals surface area contributed by atoms with Crippen molar-refractivity contribution in [2.45, 2.75) is 84.2 Å². The zero-order valence-electron chi connectivity index (χ0n) is 16.4. The monoisotopic (exact) mass is 352 g/mol. The smallest absolute Gasteiger partial charge is 0.188 e. The van der Waals surface area contributed by atoms with Gasteiger partial charge in [0.25, 0.3) is 0 Å². The van der Waals surface area contributed by atoms with Crippen LogP contribution in [0.3, 0.4) is 0 Å². The summed E-state index contributed by atoms with van der Waals surface area (Å²) in [5.74, 6) is 0.884. The zero-order chi connectivity index (χ0) is 17.3. The average molecular weight is 353 g/mol. The second kappa shape index (κ2) is 7.74. The van der Waals surface area contributed by atoms with Crippen LogP contribution < -0.4 is 0 Å². The molecule has 24 heavy (non-hydrogen) atoms. The Morgan fingerprint density at radius 2 is 1.54 bits per heavy atom. The highest BCUT2D eigenvalue weighted by atomic mass is 31.2. The maximum atomic E-state index is 6.36. The summed E-state index contributed by atoms with van der Waals surface area (Å²) in [5, 5.41) is 0. The van der Waals surface area contributed by atoms with Gasteiger partial charge in [-0.1, -0.05) is 45.3 Å². The molecule has 0 unspecified atom stereocenters. The van der Waals surface area contributed by atoms with Crippen molar-refractivity contribution in [3.05, 3.63) is 11.6 Å². The Morgan fingerprint density at radius 1 is 1.00 bits per heavy atom. The molecule has 0 N–H and O–H groups in total. The highest BCUT2D eigenvalue weighted by Gasteiger charge is 2.45. The van der Waals surface area contributed by atoms with Crippen LogP contribution in [0, 0.1) is 11.3 Å². The van der Waals surface area contributed by atoms with Gasteiger partial charge in [0.1, 0.15) is 0 Å². The zero-order valence-corrected chi connectivity index (χ0v) is 17.3. The van der Waals surface area contributed by atoms with Crippen molar-refractivity contribution in [3.63, 3.8) is 0 Å². The predicted octanol–water partition coefficient (Wildman–Crippen LogP) is 5.58. The summed E-state index contributed by atoms with van der Waals surface area (Å²) in [6, 6.07) is 1.45. The maximum absolute atomic E-state index is 6.36. The van der Waals surface area contributed by atoms with Crippen molar-refractivity contribution in [2.24, 2.45) is 11.3 Å². The summed E-state index contributed by atoms with van der Waals surface area (Å²) in [7, 11) is 4.01. The summed E-state index contributed by atoms with van der Waals surface area (Å²) < 4.78 is 11.4. The van der Waals surface area contributed by atoms with Crippen LogP contribution in [0.15, 0.2) is 11.6 Å². The quantitative estimate of drug-likeness (QED) is 0.487. The highest BCUT2D eigenvalue weighted by Crippen LogP contribution is 2.55. The van der Waals surface area contributed by atoms with E-state index in [9.17, 15) is 0 Å². The van der Waals surface area contributed by atoms with Gasteiger partial charge >= 0.3 is 0 Å². The van der Waals surface area contributed by atoms with Crippen molar-refractivity contribution >= 4 is 8.45 Å². The van der Waals surface area contributed by atoms with Gasteiger partial charge in [-0.15, -0.1) is 0 Å². The van der Waals surface area contributed by atoms with Crippen molar-refractivity contribution in [3.8, 4) is 0 Å². The number of fused-ring (bicyclic) bond motifs is 1. The molecular weight excluding hydrogens is 315 g/mol. The van der Waals surface area contributed by atoms with Gasteiger partial charge in [0.2, 0.25) is 0 Å². The van der Waals surface area contributed by atoms with E-state index in [4.69, 9.17) is 4.52 Å². The molecule has 2 aliphatic carbocycles. The molecule has 3 fully saturated rings. The van der Waals surface area contributed by atoms with E-state index in [1.807, 2.05) is 0 Å². The fourth-order valence-electron chi connectivity index (χ4n) is 4.90. The number of allylic oxidation sites excluding steroid dienone is 1. The largest absolute Gasteiger partial charge is 0.327 e. The molecule has 1 aliphatic heterocycles. The van der Waals surface area contributed by atoms with Gasteiger partial charge in [-0.25, -0.2) is 9.34 Å². The van der Waals surface area contributed by atoms with Crippen molar-refractivity contribution in [1.29, 1.82) is 0 Å². The molecule has 0 bridgehead atoms. The third-order valence-corrected chi connectivity index (χ3v) is 8.66. The predicted molar refractivity (Wildman–Crippen MR) is 104 cm³/mol. The van der Waals surface area contributed by atoms with Crippen molar-refractivity contribution in [1.82, 2.24) is 9.34 Å². The first-order chi connectivity index (χ1) is 11.4. The minimum atomic E-state index is -0.550. The van der Waals surface area contributed by atoms with Crippen LogP contribution >= 0.6 is 8.45 Å². The van der Waals surface area contributed by atoms with Gasteiger partial charge in [-0.05, 0) is 64.0 Å². The molecule has 2 atom stereocenters. The molecule has 3 rings (SSSR count). The SMILES string of the molecule is CN1[C@@H]2CCCC[C@H]2N(C)P1OCC=C1CCC(C(C)(C)C)CC1. The second-order valence-electron chi connectivity index (χ2n) is 9.12. The lowest BCUT2D eigenvalue weighted by atomic mass is 9.71. The number of nitrogens with zero attached hydrogens (tertiary/aromatic N) is 2. The topological polar surface area (TPSA) is 15.7 Å². The van der Waals surface area contributed by atoms with Crippen molar-refractivity contribution < 1.29 is 4.52 Å². The standard InChI is InChI=1S/C20H37N2OP/c1-20(2,3)17-12-10-16(11-13-17)14-15-23-24-21(4)18-8-6-7-9-19(18)22(24)5/h14,17-19H,6-13,15H2,1-5H3/t17?,18-,19-/m1/s1. The lowest BCUT2D eigenvalue weighted by molar-refractivity contribution is 0.197. The van der Waals surface area contributed by atoms with Gasteiger partial charge in [-0.3, -0.25) is 0 Å². The van der Waals surface area contributed by atoms with Gasteiger partial charge < -0.3 is 4.52 Å². The summed E-state index contributed by atoms with van der Waals surface area (Å²) in [5.41, 5.74) is 2.10. The van der Waals surface area contributed by atoms with E-state index >= 15 is 0 Å². The number of hydrogen-bond donors (Lipinski definition) is 0. The molecule has 0 aromatic heterocycles. The van der Waals surface area contributed by atoms with E-state index < -0.39 is 8.45 Å². The van der Waals surface area contributed by atoms with E-state index in [-0.39, 0.29) is 0 Å². The Hall–Kier alpha value is 0.0500. The molecule has 138 valence electrons. The van der Waals surface area contributed by atoms with Gasteiger partial charge in [0, 0.05) is 12.1 Å². The molecule has 0 spiro atoms. The summed E-state index contributed by atoms with van der Waals surface area (Å²) in [6.45, 7) is 7.98. The van der Waals surface area contributed by atoms with E-state index in [1.165, 1.54) is 51.4 Å². The van der Waals surface area contributed by atoms with Crippen LogP contribution in [0.4, 0.5) is 0 Å². The minimum Gasteiger partial charge on any atom is -0.327 e. The maximum Gasteiger partial charge on any atom is 0.188 e. The molecule has 3 aliphatic rings. The third-order valence-electron chi connectivity index (χ3n) is 6.61. The molecular formula is C20H37N2OP. The van der Waals surface area contributed by atoms with Crippen LogP contribution in [-0.4, -0.2) is 42.1 Å². The lowest BCUT2D eigenvalue weighted by Crippen LogP contribution is -2.37. The Bertz CT molecular complexity index is 431. The van der Waals surface area contributed by atoms with E-state index in [0.29, 0.717) is 5.41 Å². The molecule has 3 nitrogen and oxygen atoms in total. The number of likely N-dealkylation sites (N-methyl/N-ethyl adjacent to an activating group) is 2. The Labute approximate surface area is 150 Å². The molecule has 0 aromatic rings. The molecule has 4 heteroatoms. The van der Waals surface area contributed by atoms with Gasteiger partial charge in [0.05, 0.1) is 6.61 Å². The van der Waals surface area contributed by atoms with Gasteiger partial charge in [0.15, 0.2) is 8.45 Å². The van der Waals surface area contributed by atoms with E-state index in [2.05, 4.69) is 50.3 Å². The average Bonchev–Trinajstić information content (AvgIpc) is 2.80. The van der Waals surface area contributed by atoms with E-state index in [0.717, 1.165) is 24.6 Å². The van der Waals surface area contributed by atoms with Crippen LogP contribution in [0.5, 0.6) is 0 Å². The molecule has 0 radical (unpaired) electrons. The lowest BCUT2D eigenvalue weighted by Gasteiger charge is -2.34. The first-order valence-corrected chi connectivity index (χ1v) is 11.1. The summed E-state index contributed by atoms with van der Waals surface area (Å²) >= 11 is 0. The van der Waals surface area contributed by atoms with Crippen molar-refractivity contribution in [2.75, 3.05) is 20.7 Å². The second-order valence-corrected chi connectivity index (χ2v) is 11.1. The molecule has 0 amide bonds. The van der Waals surface area contributed by atoms with Crippen LogP contribution in [0.1, 0.15) is 72.1 Å². The molecule has 2 saturated carbocycles. The highest BCUT2D eigenvalue weighted by molar-refractivity contribution is 7.47. The molecule has 0 aromatic carbocycles. The Balaban J connectivity index is 1.48. The van der Waals surface area contributed by atoms with Crippen LogP contribution in [-0.2, 0) is 4.52 Å². The molecule has 1 heterocycles. The normalized spacial score (nSPS) is 33.7. The van der Waals surface area contributed by atoms with E-state index in [1.54, 1.807) is 5.57 Å². The van der Waals surface area contributed by atoms with Gasteiger partial charge in [-0.2, -0.15) is 0 Å². The molecule has 1 saturated heterocycles. The number of rotatable bonds is 3. The van der Waals surface area contributed by atoms with Crippen LogP contribution in [0.25, 0.3) is 0 Å². The fourth-order valence-corrected chi connectivity index (χ4v) is 6.97.